The Morgan fingerprint density at radius 3 is 2.05 bits per heavy atom. The smallest absolute Gasteiger partial charge is 0.127 e. The largest absolute Gasteiger partial charge is 0.457 e. The molecule has 22 heavy (non-hydrogen) atoms. The summed E-state index contributed by atoms with van der Waals surface area (Å²) in [5.74, 6) is 1.30. The zero-order chi connectivity index (χ0) is 15.2. The van der Waals surface area contributed by atoms with E-state index in [1.807, 2.05) is 54.6 Å². The van der Waals surface area contributed by atoms with E-state index < -0.39 is 0 Å². The van der Waals surface area contributed by atoms with E-state index in [1.54, 1.807) is 18.3 Å². The van der Waals surface area contributed by atoms with Crippen molar-refractivity contribution in [3.8, 4) is 11.5 Å². The number of halogens is 1. The number of hydrogen-bond acceptors (Lipinski definition) is 2. The standard InChI is InChI=1S/C19H14FNO/c20-16-8-6-15(7-9-16)14-21-17-10-12-19(13-11-17)22-18-4-2-1-3-5-18/h1-14H. The highest BCUT2D eigenvalue weighted by Gasteiger charge is 1.96. The van der Waals surface area contributed by atoms with Crippen molar-refractivity contribution in [1.82, 2.24) is 0 Å². The van der Waals surface area contributed by atoms with Crippen molar-refractivity contribution in [3.63, 3.8) is 0 Å². The van der Waals surface area contributed by atoms with Gasteiger partial charge >= 0.3 is 0 Å². The van der Waals surface area contributed by atoms with Crippen LogP contribution in [0.5, 0.6) is 11.5 Å². The molecule has 0 aliphatic heterocycles. The number of hydrogen-bond donors (Lipinski definition) is 0. The highest BCUT2D eigenvalue weighted by atomic mass is 19.1. The number of nitrogens with zero attached hydrogens (tertiary/aromatic N) is 1. The van der Waals surface area contributed by atoms with Crippen LogP contribution < -0.4 is 4.74 Å². The summed E-state index contributed by atoms with van der Waals surface area (Å²) in [5, 5.41) is 0. The van der Waals surface area contributed by atoms with Crippen molar-refractivity contribution in [1.29, 1.82) is 0 Å². The SMILES string of the molecule is Fc1ccc(C=Nc2ccc(Oc3ccccc3)cc2)cc1. The second kappa shape index (κ2) is 6.68. The van der Waals surface area contributed by atoms with Gasteiger partial charge in [-0.2, -0.15) is 0 Å². The molecule has 0 amide bonds. The molecule has 3 rings (SSSR count). The van der Waals surface area contributed by atoms with Crippen LogP contribution in [0, 0.1) is 5.82 Å². The molecule has 0 heterocycles. The summed E-state index contributed by atoms with van der Waals surface area (Å²) in [6.07, 6.45) is 1.70. The summed E-state index contributed by atoms with van der Waals surface area (Å²) in [4.78, 5) is 4.35. The molecule has 0 saturated carbocycles. The molecule has 0 aromatic heterocycles. The molecule has 0 aliphatic rings. The van der Waals surface area contributed by atoms with Crippen molar-refractivity contribution in [2.24, 2.45) is 4.99 Å². The van der Waals surface area contributed by atoms with Gasteiger partial charge in [-0.05, 0) is 54.1 Å². The Morgan fingerprint density at radius 1 is 0.727 bits per heavy atom. The molecule has 0 fully saturated rings. The Bertz CT molecular complexity index is 750. The average molecular weight is 291 g/mol. The van der Waals surface area contributed by atoms with Gasteiger partial charge in [-0.1, -0.05) is 30.3 Å². The molecule has 3 aromatic rings. The number of rotatable bonds is 4. The van der Waals surface area contributed by atoms with Crippen LogP contribution in [0.4, 0.5) is 10.1 Å². The van der Waals surface area contributed by atoms with Gasteiger partial charge in [-0.3, -0.25) is 4.99 Å². The van der Waals surface area contributed by atoms with E-state index in [0.29, 0.717) is 0 Å². The Kier molecular flexibility index (Phi) is 4.25. The molecule has 108 valence electrons. The molecular weight excluding hydrogens is 277 g/mol. The van der Waals surface area contributed by atoms with Gasteiger partial charge in [0.2, 0.25) is 0 Å². The molecule has 3 aromatic carbocycles. The number of para-hydroxylation sites is 1. The van der Waals surface area contributed by atoms with E-state index in [9.17, 15) is 4.39 Å². The van der Waals surface area contributed by atoms with Gasteiger partial charge in [0.15, 0.2) is 0 Å². The highest BCUT2D eigenvalue weighted by molar-refractivity contribution is 5.81. The topological polar surface area (TPSA) is 21.6 Å². The quantitative estimate of drug-likeness (QED) is 0.592. The van der Waals surface area contributed by atoms with Crippen LogP contribution in [0.15, 0.2) is 83.9 Å². The molecule has 0 aliphatic carbocycles. The Hall–Kier alpha value is -2.94. The first-order valence-corrected chi connectivity index (χ1v) is 6.92. The van der Waals surface area contributed by atoms with Crippen molar-refractivity contribution >= 4 is 11.9 Å². The van der Waals surface area contributed by atoms with E-state index >= 15 is 0 Å². The lowest BCUT2D eigenvalue weighted by molar-refractivity contribution is 0.483. The van der Waals surface area contributed by atoms with Gasteiger partial charge in [0, 0.05) is 6.21 Å². The predicted octanol–water partition coefficient (Wildman–Crippen LogP) is 5.37. The van der Waals surface area contributed by atoms with Crippen molar-refractivity contribution in [2.45, 2.75) is 0 Å². The molecule has 0 radical (unpaired) electrons. The highest BCUT2D eigenvalue weighted by Crippen LogP contribution is 2.23. The summed E-state index contributed by atoms with van der Waals surface area (Å²) < 4.78 is 18.5. The molecule has 0 N–H and O–H groups in total. The molecular formula is C19H14FNO. The van der Waals surface area contributed by atoms with Crippen LogP contribution in [0.2, 0.25) is 0 Å². The molecule has 0 bridgehead atoms. The Labute approximate surface area is 128 Å². The summed E-state index contributed by atoms with van der Waals surface area (Å²) in [5.41, 5.74) is 1.66. The second-order valence-electron chi connectivity index (χ2n) is 4.72. The minimum atomic E-state index is -0.250. The van der Waals surface area contributed by atoms with Crippen LogP contribution in [0.25, 0.3) is 0 Å². The van der Waals surface area contributed by atoms with Crippen molar-refractivity contribution in [2.75, 3.05) is 0 Å². The molecule has 0 atom stereocenters. The Balaban J connectivity index is 1.67. The van der Waals surface area contributed by atoms with Gasteiger partial charge < -0.3 is 4.74 Å². The van der Waals surface area contributed by atoms with E-state index in [4.69, 9.17) is 4.74 Å². The van der Waals surface area contributed by atoms with E-state index in [2.05, 4.69) is 4.99 Å². The summed E-state index contributed by atoms with van der Waals surface area (Å²) in [6, 6.07) is 23.3. The molecule has 0 spiro atoms. The van der Waals surface area contributed by atoms with Crippen LogP contribution in [-0.4, -0.2) is 6.21 Å². The first-order chi connectivity index (χ1) is 10.8. The summed E-state index contributed by atoms with van der Waals surface area (Å²) in [6.45, 7) is 0. The number of ether oxygens (including phenoxy) is 1. The van der Waals surface area contributed by atoms with Gasteiger partial charge in [-0.25, -0.2) is 4.39 Å². The lowest BCUT2D eigenvalue weighted by Gasteiger charge is -2.05. The minimum absolute atomic E-state index is 0.250. The second-order valence-corrected chi connectivity index (χ2v) is 4.72. The maximum Gasteiger partial charge on any atom is 0.127 e. The van der Waals surface area contributed by atoms with Gasteiger partial charge in [0.05, 0.1) is 5.69 Å². The normalized spacial score (nSPS) is 10.8. The zero-order valence-electron chi connectivity index (χ0n) is 11.8. The monoisotopic (exact) mass is 291 g/mol. The zero-order valence-corrected chi connectivity index (χ0v) is 11.8. The van der Waals surface area contributed by atoms with Crippen molar-refractivity contribution in [3.05, 3.63) is 90.2 Å². The summed E-state index contributed by atoms with van der Waals surface area (Å²) in [7, 11) is 0. The van der Waals surface area contributed by atoms with E-state index in [1.165, 1.54) is 12.1 Å². The fraction of sp³-hybridized carbons (Fsp3) is 0. The molecule has 2 nitrogen and oxygen atoms in total. The molecule has 0 unspecified atom stereocenters. The third-order valence-electron chi connectivity index (χ3n) is 3.05. The third kappa shape index (κ3) is 3.79. The number of benzene rings is 3. The average Bonchev–Trinajstić information content (AvgIpc) is 2.57. The lowest BCUT2D eigenvalue weighted by Crippen LogP contribution is -1.83. The maximum atomic E-state index is 12.8. The predicted molar refractivity (Wildman–Crippen MR) is 86.6 cm³/mol. The van der Waals surface area contributed by atoms with Crippen LogP contribution >= 0.6 is 0 Å². The first-order valence-electron chi connectivity index (χ1n) is 6.92. The fourth-order valence-corrected chi connectivity index (χ4v) is 1.92. The van der Waals surface area contributed by atoms with Crippen LogP contribution in [-0.2, 0) is 0 Å². The van der Waals surface area contributed by atoms with Gasteiger partial charge in [-0.15, -0.1) is 0 Å². The van der Waals surface area contributed by atoms with Crippen molar-refractivity contribution < 1.29 is 9.13 Å². The fourth-order valence-electron chi connectivity index (χ4n) is 1.92. The number of aliphatic imine (C=N–C) groups is 1. The van der Waals surface area contributed by atoms with E-state index in [-0.39, 0.29) is 5.82 Å². The minimum Gasteiger partial charge on any atom is -0.457 e. The van der Waals surface area contributed by atoms with Gasteiger partial charge in [0.1, 0.15) is 17.3 Å². The van der Waals surface area contributed by atoms with Crippen LogP contribution in [0.1, 0.15) is 5.56 Å². The first kappa shape index (κ1) is 14.0. The molecule has 0 saturated heterocycles. The van der Waals surface area contributed by atoms with Crippen LogP contribution in [0.3, 0.4) is 0 Å². The lowest BCUT2D eigenvalue weighted by atomic mass is 10.2. The van der Waals surface area contributed by atoms with Gasteiger partial charge in [0.25, 0.3) is 0 Å². The molecule has 3 heteroatoms. The summed E-state index contributed by atoms with van der Waals surface area (Å²) >= 11 is 0. The Morgan fingerprint density at radius 2 is 1.36 bits per heavy atom. The third-order valence-corrected chi connectivity index (χ3v) is 3.05. The van der Waals surface area contributed by atoms with E-state index in [0.717, 1.165) is 22.7 Å². The maximum absolute atomic E-state index is 12.8.